The van der Waals surface area contributed by atoms with Gasteiger partial charge in [-0.2, -0.15) is 0 Å². The molecule has 1 fully saturated rings. The molecule has 1 aromatic carbocycles. The van der Waals surface area contributed by atoms with Gasteiger partial charge < -0.3 is 15.8 Å². The first kappa shape index (κ1) is 21.0. The van der Waals surface area contributed by atoms with Gasteiger partial charge >= 0.3 is 0 Å². The molecule has 4 rings (SSSR count). The lowest BCUT2D eigenvalue weighted by Gasteiger charge is -2.31. The van der Waals surface area contributed by atoms with Gasteiger partial charge in [0.1, 0.15) is 0 Å². The zero-order valence-corrected chi connectivity index (χ0v) is 18.1. The second-order valence-electron chi connectivity index (χ2n) is 7.60. The number of benzene rings is 1. The number of sulfonamides is 1. The molecule has 0 spiro atoms. The summed E-state index contributed by atoms with van der Waals surface area (Å²) in [4.78, 5) is 16.4. The van der Waals surface area contributed by atoms with Crippen molar-refractivity contribution in [1.29, 1.82) is 0 Å². The van der Waals surface area contributed by atoms with E-state index in [4.69, 9.17) is 10.8 Å². The zero-order chi connectivity index (χ0) is 21.3. The van der Waals surface area contributed by atoms with Crippen LogP contribution in [0.5, 0.6) is 0 Å². The van der Waals surface area contributed by atoms with Crippen LogP contribution in [0.4, 0.5) is 0 Å². The van der Waals surface area contributed by atoms with Crippen molar-refractivity contribution in [2.75, 3.05) is 25.4 Å². The average molecular weight is 448 g/mol. The third kappa shape index (κ3) is 4.02. The summed E-state index contributed by atoms with van der Waals surface area (Å²) >= 11 is 1.61. The average Bonchev–Trinajstić information content (AvgIpc) is 3.41. The quantitative estimate of drug-likeness (QED) is 0.516. The number of piperidine rings is 1. The smallest absolute Gasteiger partial charge is 0.250 e. The van der Waals surface area contributed by atoms with Crippen LogP contribution in [0, 0.1) is 0 Å². The highest BCUT2D eigenvalue weighted by atomic mass is 32.2. The van der Waals surface area contributed by atoms with Crippen molar-refractivity contribution in [3.63, 3.8) is 0 Å². The van der Waals surface area contributed by atoms with E-state index in [1.165, 1.54) is 4.31 Å². The largest absolute Gasteiger partial charge is 0.396 e. The summed E-state index contributed by atoms with van der Waals surface area (Å²) in [6.45, 7) is 0.788. The molecular formula is C21H25N3O4S2. The van der Waals surface area contributed by atoms with E-state index < -0.39 is 15.9 Å². The van der Waals surface area contributed by atoms with Crippen LogP contribution in [0.25, 0.3) is 21.3 Å². The number of hydrogen-bond acceptors (Lipinski definition) is 5. The Hall–Kier alpha value is -2.20. The highest BCUT2D eigenvalue weighted by Gasteiger charge is 2.29. The van der Waals surface area contributed by atoms with Crippen molar-refractivity contribution in [2.24, 2.45) is 5.73 Å². The van der Waals surface area contributed by atoms with Crippen molar-refractivity contribution in [2.45, 2.75) is 25.2 Å². The van der Waals surface area contributed by atoms with E-state index in [1.807, 2.05) is 29.8 Å². The Kier molecular flexibility index (Phi) is 5.97. The Morgan fingerprint density at radius 2 is 2.07 bits per heavy atom. The van der Waals surface area contributed by atoms with Gasteiger partial charge in [-0.1, -0.05) is 6.07 Å². The topological polar surface area (TPSA) is 116 Å². The van der Waals surface area contributed by atoms with Crippen LogP contribution in [-0.2, 0) is 10.0 Å². The lowest BCUT2D eigenvalue weighted by atomic mass is 9.89. The number of nitrogens with zero attached hydrogens (tertiary/aromatic N) is 1. The predicted octanol–water partition coefficient (Wildman–Crippen LogP) is 2.89. The van der Waals surface area contributed by atoms with E-state index in [-0.39, 0.29) is 24.7 Å². The monoisotopic (exact) mass is 447 g/mol. The number of aromatic amines is 1. The first-order valence-corrected chi connectivity index (χ1v) is 12.5. The summed E-state index contributed by atoms with van der Waals surface area (Å²) in [7, 11) is -3.33. The number of hydrogen-bond donors (Lipinski definition) is 3. The highest BCUT2D eigenvalue weighted by Crippen LogP contribution is 2.38. The fraction of sp³-hybridized carbons (Fsp3) is 0.381. The molecule has 160 valence electrons. The molecule has 9 heteroatoms. The summed E-state index contributed by atoms with van der Waals surface area (Å²) in [5.41, 5.74) is 8.90. The fourth-order valence-electron chi connectivity index (χ4n) is 4.19. The molecule has 0 unspecified atom stereocenters. The number of amides is 1. The van der Waals surface area contributed by atoms with E-state index in [0.29, 0.717) is 31.5 Å². The normalized spacial score (nSPS) is 16.3. The molecule has 1 aliphatic rings. The van der Waals surface area contributed by atoms with Gasteiger partial charge in [0.2, 0.25) is 10.0 Å². The number of carbonyl (C=O) groups is 1. The summed E-state index contributed by atoms with van der Waals surface area (Å²) in [5.74, 6) is -0.299. The van der Waals surface area contributed by atoms with Crippen LogP contribution < -0.4 is 5.73 Å². The van der Waals surface area contributed by atoms with E-state index in [9.17, 15) is 13.2 Å². The predicted molar refractivity (Wildman–Crippen MR) is 119 cm³/mol. The number of aliphatic hydroxyl groups excluding tert-OH is 1. The van der Waals surface area contributed by atoms with Crippen LogP contribution in [0.2, 0.25) is 0 Å². The minimum absolute atomic E-state index is 0.0204. The molecule has 1 amide bonds. The minimum atomic E-state index is -3.33. The van der Waals surface area contributed by atoms with Crippen LogP contribution in [0.1, 0.15) is 41.1 Å². The Morgan fingerprint density at radius 1 is 1.30 bits per heavy atom. The number of carbonyl (C=O) groups excluding carboxylic acids is 1. The van der Waals surface area contributed by atoms with Crippen molar-refractivity contribution in [3.8, 4) is 10.4 Å². The van der Waals surface area contributed by atoms with Gasteiger partial charge in [0.25, 0.3) is 5.91 Å². The number of nitrogens with one attached hydrogen (secondary N) is 1. The zero-order valence-electron chi connectivity index (χ0n) is 16.5. The van der Waals surface area contributed by atoms with Gasteiger partial charge in [0.05, 0.1) is 16.8 Å². The number of thiophene rings is 1. The number of nitrogens with two attached hydrogens (primary N) is 1. The van der Waals surface area contributed by atoms with E-state index in [0.717, 1.165) is 26.9 Å². The number of primary amides is 1. The molecule has 1 aliphatic heterocycles. The maximum absolute atomic E-state index is 12.4. The molecule has 0 bridgehead atoms. The van der Waals surface area contributed by atoms with Gasteiger partial charge in [-0.15, -0.1) is 11.3 Å². The molecule has 30 heavy (non-hydrogen) atoms. The minimum Gasteiger partial charge on any atom is -0.396 e. The number of fused-ring (bicyclic) bond motifs is 1. The number of aromatic nitrogens is 1. The molecule has 3 aromatic rings. The molecule has 2 aromatic heterocycles. The lowest BCUT2D eigenvalue weighted by Crippen LogP contribution is -2.39. The van der Waals surface area contributed by atoms with Crippen LogP contribution in [0.3, 0.4) is 0 Å². The molecule has 0 radical (unpaired) electrons. The first-order chi connectivity index (χ1) is 14.4. The molecular weight excluding hydrogens is 422 g/mol. The van der Waals surface area contributed by atoms with Gasteiger partial charge in [-0.3, -0.25) is 4.79 Å². The van der Waals surface area contributed by atoms with Gasteiger partial charge in [-0.25, -0.2) is 12.7 Å². The fourth-order valence-corrected chi connectivity index (χ4v) is 6.43. The summed E-state index contributed by atoms with van der Waals surface area (Å²) < 4.78 is 26.3. The molecule has 0 saturated carbocycles. The molecule has 3 heterocycles. The van der Waals surface area contributed by atoms with E-state index in [1.54, 1.807) is 11.3 Å². The van der Waals surface area contributed by atoms with Gasteiger partial charge in [0.15, 0.2) is 0 Å². The second kappa shape index (κ2) is 8.50. The van der Waals surface area contributed by atoms with Crippen molar-refractivity contribution >= 4 is 38.2 Å². The number of aliphatic hydroxyl groups is 1. The van der Waals surface area contributed by atoms with Crippen molar-refractivity contribution < 1.29 is 18.3 Å². The van der Waals surface area contributed by atoms with Crippen LogP contribution in [-0.4, -0.2) is 54.2 Å². The number of rotatable bonds is 7. The standard InChI is InChI=1S/C21H25N3O4S2/c22-21(26)17-12-15(19-3-1-9-29-19)11-16-18(13-23-20(16)17)14-4-6-24(7-5-14)30(27,28)10-2-8-25/h1,3,9,11-14,23,25H,2,4-8,10H2,(H2,22,26). The molecule has 0 atom stereocenters. The third-order valence-corrected chi connectivity index (χ3v) is 8.62. The SMILES string of the molecule is NC(=O)c1cc(-c2cccs2)cc2c(C3CCN(S(=O)(=O)CCCO)CC3)c[nH]c12. The second-order valence-corrected chi connectivity index (χ2v) is 10.6. The maximum Gasteiger partial charge on any atom is 0.250 e. The van der Waals surface area contributed by atoms with E-state index in [2.05, 4.69) is 11.1 Å². The van der Waals surface area contributed by atoms with Crippen LogP contribution in [0.15, 0.2) is 35.8 Å². The third-order valence-electron chi connectivity index (χ3n) is 5.74. The molecule has 4 N–H and O–H groups in total. The van der Waals surface area contributed by atoms with Crippen molar-refractivity contribution in [3.05, 3.63) is 47.0 Å². The first-order valence-electron chi connectivity index (χ1n) is 9.98. The summed E-state index contributed by atoms with van der Waals surface area (Å²) in [6, 6.07) is 7.90. The van der Waals surface area contributed by atoms with Crippen LogP contribution >= 0.6 is 11.3 Å². The van der Waals surface area contributed by atoms with Gasteiger partial charge in [-0.05, 0) is 59.9 Å². The molecule has 0 aliphatic carbocycles. The van der Waals surface area contributed by atoms with Gasteiger partial charge in [0, 0.05) is 36.2 Å². The number of H-pyrrole nitrogens is 1. The maximum atomic E-state index is 12.4. The molecule has 7 nitrogen and oxygen atoms in total. The Balaban J connectivity index is 1.63. The summed E-state index contributed by atoms with van der Waals surface area (Å²) in [5, 5.41) is 11.9. The Labute approximate surface area is 179 Å². The highest BCUT2D eigenvalue weighted by molar-refractivity contribution is 7.89. The summed E-state index contributed by atoms with van der Waals surface area (Å²) in [6.07, 6.45) is 3.60. The lowest BCUT2D eigenvalue weighted by molar-refractivity contribution is 0.100. The Morgan fingerprint density at radius 3 is 2.70 bits per heavy atom. The van der Waals surface area contributed by atoms with Crippen molar-refractivity contribution in [1.82, 2.24) is 9.29 Å². The molecule has 1 saturated heterocycles. The Bertz CT molecular complexity index is 1140. The van der Waals surface area contributed by atoms with E-state index >= 15 is 0 Å².